The summed E-state index contributed by atoms with van der Waals surface area (Å²) in [6.45, 7) is 0. The maximum absolute atomic E-state index is 6.68. The predicted octanol–water partition coefficient (Wildman–Crippen LogP) is 14.5. The molecule has 3 heteroatoms. The van der Waals surface area contributed by atoms with Gasteiger partial charge in [0.15, 0.2) is 0 Å². The summed E-state index contributed by atoms with van der Waals surface area (Å²) in [5.74, 6) is 1.45. The minimum atomic E-state index is 0.396. The smallest absolute Gasteiger partial charge is 0.136 e. The molecule has 1 atom stereocenters. The van der Waals surface area contributed by atoms with Gasteiger partial charge in [-0.15, -0.1) is 11.8 Å². The molecule has 11 aromatic rings. The number of benzene rings is 9. The molecule has 9 aromatic carbocycles. The predicted molar refractivity (Wildman–Crippen MR) is 223 cm³/mol. The third kappa shape index (κ3) is 4.17. The van der Waals surface area contributed by atoms with Crippen LogP contribution in [-0.2, 0) is 0 Å². The highest BCUT2D eigenvalue weighted by molar-refractivity contribution is 8.00. The van der Waals surface area contributed by atoms with E-state index in [4.69, 9.17) is 8.83 Å². The zero-order chi connectivity index (χ0) is 34.6. The van der Waals surface area contributed by atoms with E-state index in [1.54, 1.807) is 0 Å². The normalized spacial score (nSPS) is 14.5. The van der Waals surface area contributed by atoms with Crippen molar-refractivity contribution in [1.29, 1.82) is 0 Å². The molecule has 0 saturated heterocycles. The van der Waals surface area contributed by atoms with Crippen molar-refractivity contribution in [2.45, 2.75) is 10.8 Å². The molecule has 0 N–H and O–H groups in total. The highest BCUT2D eigenvalue weighted by atomic mass is 32.2. The van der Waals surface area contributed by atoms with Crippen LogP contribution in [0.2, 0.25) is 0 Å². The zero-order valence-corrected chi connectivity index (χ0v) is 29.4. The van der Waals surface area contributed by atoms with E-state index < -0.39 is 0 Å². The Morgan fingerprint density at radius 1 is 0.415 bits per heavy atom. The summed E-state index contributed by atoms with van der Waals surface area (Å²) in [6.07, 6.45) is 0. The molecule has 1 aliphatic heterocycles. The molecule has 2 nitrogen and oxygen atoms in total. The van der Waals surface area contributed by atoms with E-state index in [9.17, 15) is 0 Å². The van der Waals surface area contributed by atoms with Crippen LogP contribution in [0, 0.1) is 0 Å². The van der Waals surface area contributed by atoms with E-state index in [1.807, 2.05) is 17.8 Å². The average Bonchev–Trinajstić information content (AvgIpc) is 3.93. The largest absolute Gasteiger partial charge is 0.456 e. The molecule has 1 unspecified atom stereocenters. The van der Waals surface area contributed by atoms with Gasteiger partial charge in [0.05, 0.1) is 0 Å². The minimum Gasteiger partial charge on any atom is -0.456 e. The van der Waals surface area contributed by atoms with Crippen LogP contribution in [0.1, 0.15) is 17.0 Å². The number of hydrogen-bond donors (Lipinski definition) is 0. The lowest BCUT2D eigenvalue weighted by molar-refractivity contribution is 0.668. The van der Waals surface area contributed by atoms with E-state index in [2.05, 4.69) is 158 Å². The Hall–Kier alpha value is -6.29. The summed E-state index contributed by atoms with van der Waals surface area (Å²) in [7, 11) is 0. The van der Waals surface area contributed by atoms with Crippen molar-refractivity contribution in [3.05, 3.63) is 175 Å². The average molecular weight is 695 g/mol. The SMILES string of the molecule is c1ccc(C2CSc3c2ccc2oc4cc(-c5c6ccccc6c(-c6cccc7c6ccc6oc8ccccc8c67)c6ccccc56)ccc4c32)cc1. The minimum absolute atomic E-state index is 0.396. The summed E-state index contributed by atoms with van der Waals surface area (Å²) in [5, 5.41) is 12.1. The number of thioether (sulfide) groups is 1. The second kappa shape index (κ2) is 11.1. The molecule has 12 rings (SSSR count). The first-order valence-corrected chi connectivity index (χ1v) is 19.2. The number of hydrogen-bond acceptors (Lipinski definition) is 3. The molecule has 1 aliphatic rings. The van der Waals surface area contributed by atoms with Gasteiger partial charge in [0.2, 0.25) is 0 Å². The summed E-state index contributed by atoms with van der Waals surface area (Å²) in [4.78, 5) is 1.36. The Kier molecular flexibility index (Phi) is 6.14. The zero-order valence-electron chi connectivity index (χ0n) is 28.6. The van der Waals surface area contributed by atoms with Gasteiger partial charge in [-0.1, -0.05) is 133 Å². The fourth-order valence-electron chi connectivity index (χ4n) is 9.18. The van der Waals surface area contributed by atoms with Crippen LogP contribution < -0.4 is 0 Å². The lowest BCUT2D eigenvalue weighted by Crippen LogP contribution is -1.98. The van der Waals surface area contributed by atoms with E-state index in [-0.39, 0.29) is 0 Å². The summed E-state index contributed by atoms with van der Waals surface area (Å²) in [5.41, 5.74) is 11.4. The molecule has 2 aromatic heterocycles. The Morgan fingerprint density at radius 2 is 1.02 bits per heavy atom. The van der Waals surface area contributed by atoms with Gasteiger partial charge in [0, 0.05) is 38.1 Å². The molecule has 53 heavy (non-hydrogen) atoms. The molecule has 0 saturated carbocycles. The Bertz CT molecular complexity index is 3240. The van der Waals surface area contributed by atoms with Crippen molar-refractivity contribution < 1.29 is 8.83 Å². The fraction of sp³-hybridized carbons (Fsp3) is 0.0400. The topological polar surface area (TPSA) is 26.3 Å². The van der Waals surface area contributed by atoms with Crippen LogP contribution >= 0.6 is 11.8 Å². The second-order valence-electron chi connectivity index (χ2n) is 14.2. The molecule has 0 radical (unpaired) electrons. The van der Waals surface area contributed by atoms with E-state index in [1.165, 1.54) is 81.2 Å². The van der Waals surface area contributed by atoms with Gasteiger partial charge in [0.25, 0.3) is 0 Å². The highest BCUT2D eigenvalue weighted by Gasteiger charge is 2.28. The Labute approximate surface area is 309 Å². The maximum Gasteiger partial charge on any atom is 0.136 e. The van der Waals surface area contributed by atoms with Crippen molar-refractivity contribution in [1.82, 2.24) is 0 Å². The van der Waals surface area contributed by atoms with Crippen LogP contribution in [0.15, 0.2) is 178 Å². The van der Waals surface area contributed by atoms with Crippen LogP contribution in [0.4, 0.5) is 0 Å². The quantitative estimate of drug-likeness (QED) is 0.172. The lowest BCUT2D eigenvalue weighted by atomic mass is 9.84. The van der Waals surface area contributed by atoms with Crippen LogP contribution in [0.5, 0.6) is 0 Å². The number of furan rings is 2. The van der Waals surface area contributed by atoms with Gasteiger partial charge in [-0.05, 0) is 96.0 Å². The maximum atomic E-state index is 6.68. The third-order valence-electron chi connectivity index (χ3n) is 11.5. The van der Waals surface area contributed by atoms with Crippen LogP contribution in [0.25, 0.3) is 98.4 Å². The molecular weight excluding hydrogens is 665 g/mol. The molecular formula is C50H30O2S. The summed E-state index contributed by atoms with van der Waals surface area (Å²) in [6, 6.07) is 59.5. The van der Waals surface area contributed by atoms with Crippen molar-refractivity contribution in [2.75, 3.05) is 5.75 Å². The first-order valence-electron chi connectivity index (χ1n) is 18.2. The van der Waals surface area contributed by atoms with Crippen molar-refractivity contribution >= 4 is 88.0 Å². The summed E-state index contributed by atoms with van der Waals surface area (Å²) >= 11 is 1.96. The third-order valence-corrected chi connectivity index (χ3v) is 12.7. The van der Waals surface area contributed by atoms with E-state index >= 15 is 0 Å². The first-order chi connectivity index (χ1) is 26.3. The van der Waals surface area contributed by atoms with E-state index in [0.29, 0.717) is 5.92 Å². The van der Waals surface area contributed by atoms with Crippen molar-refractivity contribution in [2.24, 2.45) is 0 Å². The van der Waals surface area contributed by atoms with Crippen LogP contribution in [-0.4, -0.2) is 5.75 Å². The van der Waals surface area contributed by atoms with E-state index in [0.717, 1.165) is 39.0 Å². The van der Waals surface area contributed by atoms with Crippen molar-refractivity contribution in [3.63, 3.8) is 0 Å². The Morgan fingerprint density at radius 3 is 1.81 bits per heavy atom. The molecule has 0 spiro atoms. The highest BCUT2D eigenvalue weighted by Crippen LogP contribution is 2.51. The molecule has 0 fully saturated rings. The van der Waals surface area contributed by atoms with Crippen molar-refractivity contribution in [3.8, 4) is 22.3 Å². The molecule has 0 aliphatic carbocycles. The number of fused-ring (bicyclic) bond motifs is 12. The first kappa shape index (κ1) is 29.3. The van der Waals surface area contributed by atoms with Crippen LogP contribution in [0.3, 0.4) is 0 Å². The van der Waals surface area contributed by atoms with Gasteiger partial charge in [0.1, 0.15) is 22.3 Å². The number of rotatable bonds is 3. The molecule has 0 amide bonds. The van der Waals surface area contributed by atoms with Gasteiger partial charge < -0.3 is 8.83 Å². The molecule has 3 heterocycles. The second-order valence-corrected chi connectivity index (χ2v) is 15.3. The molecule has 0 bridgehead atoms. The monoisotopic (exact) mass is 694 g/mol. The Balaban J connectivity index is 1.09. The summed E-state index contributed by atoms with van der Waals surface area (Å²) < 4.78 is 13.0. The molecule has 248 valence electrons. The fourth-order valence-corrected chi connectivity index (χ4v) is 10.6. The number of para-hydroxylation sites is 1. The van der Waals surface area contributed by atoms with Gasteiger partial charge in [-0.3, -0.25) is 0 Å². The van der Waals surface area contributed by atoms with Gasteiger partial charge in [-0.2, -0.15) is 0 Å². The lowest BCUT2D eigenvalue weighted by Gasteiger charge is -2.19. The van der Waals surface area contributed by atoms with Gasteiger partial charge >= 0.3 is 0 Å². The van der Waals surface area contributed by atoms with Gasteiger partial charge in [-0.25, -0.2) is 0 Å². The standard InChI is InChI=1S/C50H30O2S/c1-2-11-29(12-3-1)41-28-53-50-38(41)24-26-44-49(50)40-22-21-30(27-45(40)52-44)46-34-13-4-6-15-36(34)47(37-16-7-5-14-35(37)46)32-18-10-19-33-31(32)23-25-43-48(33)39-17-8-9-20-42(39)51-43/h1-27,41H,28H2.